The van der Waals surface area contributed by atoms with Crippen LogP contribution >= 0.6 is 0 Å². The Kier molecular flexibility index (Phi) is 4.21. The second-order valence-corrected chi connectivity index (χ2v) is 5.99. The van der Waals surface area contributed by atoms with Gasteiger partial charge in [-0.1, -0.05) is 36.4 Å². The summed E-state index contributed by atoms with van der Waals surface area (Å²) < 4.78 is 2.86. The number of aromatic nitrogens is 5. The maximum absolute atomic E-state index is 12.4. The van der Waals surface area contributed by atoms with Gasteiger partial charge in [0.2, 0.25) is 11.7 Å². The van der Waals surface area contributed by atoms with E-state index in [9.17, 15) is 9.59 Å². The predicted molar refractivity (Wildman–Crippen MR) is 100 cm³/mol. The van der Waals surface area contributed by atoms with E-state index in [4.69, 9.17) is 0 Å². The van der Waals surface area contributed by atoms with Crippen LogP contribution in [0.1, 0.15) is 5.69 Å². The molecule has 0 atom stereocenters. The number of fused-ring (bicyclic) bond motifs is 1. The molecule has 0 radical (unpaired) electrons. The van der Waals surface area contributed by atoms with Crippen molar-refractivity contribution in [2.24, 2.45) is 0 Å². The van der Waals surface area contributed by atoms with Gasteiger partial charge >= 0.3 is 0 Å². The average Bonchev–Trinajstić information content (AvgIpc) is 3.13. The number of benzene rings is 1. The summed E-state index contributed by atoms with van der Waals surface area (Å²) in [5, 5.41) is 7.03. The molecule has 0 spiro atoms. The van der Waals surface area contributed by atoms with Gasteiger partial charge in [-0.25, -0.2) is 4.98 Å². The molecule has 4 rings (SSSR count). The van der Waals surface area contributed by atoms with Gasteiger partial charge in [-0.15, -0.1) is 5.10 Å². The monoisotopic (exact) mass is 360 g/mol. The summed E-state index contributed by atoms with van der Waals surface area (Å²) in [6.45, 7) is 1.74. The number of nitrogens with one attached hydrogen (secondary N) is 1. The zero-order valence-corrected chi connectivity index (χ0v) is 14.5. The number of carbonyl (C=O) groups excluding carboxylic acids is 1. The Labute approximate surface area is 154 Å². The summed E-state index contributed by atoms with van der Waals surface area (Å²) in [6.07, 6.45) is 1.60. The molecule has 0 unspecified atom stereocenters. The van der Waals surface area contributed by atoms with E-state index in [1.54, 1.807) is 35.9 Å². The molecule has 0 aliphatic heterocycles. The van der Waals surface area contributed by atoms with E-state index >= 15 is 0 Å². The standard InChI is InChI=1S/C19H16N6O2/c1-13-11-17(27)25-19(22-18(23-25)14-7-3-2-4-8-14)24(13)12-16(26)21-15-9-5-6-10-20-15/h2-11H,12H2,1H3,(H,20,21,26). The van der Waals surface area contributed by atoms with Gasteiger partial charge < -0.3 is 9.88 Å². The lowest BCUT2D eigenvalue weighted by atomic mass is 10.2. The molecule has 8 nitrogen and oxygen atoms in total. The minimum atomic E-state index is -0.293. The highest BCUT2D eigenvalue weighted by atomic mass is 16.2. The first-order valence-corrected chi connectivity index (χ1v) is 8.35. The maximum Gasteiger partial charge on any atom is 0.275 e. The summed E-state index contributed by atoms with van der Waals surface area (Å²) in [7, 11) is 0. The van der Waals surface area contributed by atoms with Gasteiger partial charge in [0.1, 0.15) is 12.4 Å². The summed E-state index contributed by atoms with van der Waals surface area (Å²) in [5.41, 5.74) is 1.12. The second kappa shape index (κ2) is 6.83. The molecular formula is C19H16N6O2. The quantitative estimate of drug-likeness (QED) is 0.600. The van der Waals surface area contributed by atoms with E-state index in [1.807, 2.05) is 30.3 Å². The Morgan fingerprint density at radius 2 is 1.89 bits per heavy atom. The van der Waals surface area contributed by atoms with Crippen molar-refractivity contribution >= 4 is 17.5 Å². The van der Waals surface area contributed by atoms with E-state index in [2.05, 4.69) is 20.4 Å². The Balaban J connectivity index is 1.73. The van der Waals surface area contributed by atoms with Gasteiger partial charge in [0, 0.05) is 23.5 Å². The number of aryl methyl sites for hydroxylation is 1. The average molecular weight is 360 g/mol. The Morgan fingerprint density at radius 3 is 2.63 bits per heavy atom. The molecule has 27 heavy (non-hydrogen) atoms. The molecule has 1 N–H and O–H groups in total. The van der Waals surface area contributed by atoms with Crippen molar-refractivity contribution in [1.29, 1.82) is 0 Å². The fourth-order valence-corrected chi connectivity index (χ4v) is 2.77. The maximum atomic E-state index is 12.4. The predicted octanol–water partition coefficient (Wildman–Crippen LogP) is 1.90. The molecule has 8 heteroatoms. The normalized spacial score (nSPS) is 10.9. The second-order valence-electron chi connectivity index (χ2n) is 5.99. The summed E-state index contributed by atoms with van der Waals surface area (Å²) in [5.74, 6) is 0.933. The van der Waals surface area contributed by atoms with Crippen molar-refractivity contribution in [2.45, 2.75) is 13.5 Å². The first-order chi connectivity index (χ1) is 13.1. The molecule has 3 heterocycles. The van der Waals surface area contributed by atoms with Gasteiger partial charge in [-0.2, -0.15) is 9.50 Å². The van der Waals surface area contributed by atoms with Gasteiger partial charge in [0.15, 0.2) is 5.82 Å². The van der Waals surface area contributed by atoms with Crippen LogP contribution in [-0.4, -0.2) is 30.1 Å². The number of carbonyl (C=O) groups is 1. The fraction of sp³-hybridized carbons (Fsp3) is 0.105. The number of nitrogens with zero attached hydrogens (tertiary/aromatic N) is 5. The van der Waals surface area contributed by atoms with Gasteiger partial charge in [-0.05, 0) is 19.1 Å². The number of hydrogen-bond donors (Lipinski definition) is 1. The summed E-state index contributed by atoms with van der Waals surface area (Å²) >= 11 is 0. The van der Waals surface area contributed by atoms with Crippen molar-refractivity contribution in [3.8, 4) is 11.4 Å². The van der Waals surface area contributed by atoms with Gasteiger partial charge in [0.05, 0.1) is 0 Å². The molecule has 0 bridgehead atoms. The lowest BCUT2D eigenvalue weighted by Gasteiger charge is -2.11. The lowest BCUT2D eigenvalue weighted by Crippen LogP contribution is -2.25. The Hall–Kier alpha value is -3.81. The molecule has 3 aromatic heterocycles. The Morgan fingerprint density at radius 1 is 1.11 bits per heavy atom. The zero-order chi connectivity index (χ0) is 18.8. The minimum Gasteiger partial charge on any atom is -0.309 e. The molecule has 4 aromatic rings. The van der Waals surface area contributed by atoms with E-state index < -0.39 is 0 Å². The molecular weight excluding hydrogens is 344 g/mol. The van der Waals surface area contributed by atoms with Crippen molar-refractivity contribution in [3.63, 3.8) is 0 Å². The van der Waals surface area contributed by atoms with Crippen molar-refractivity contribution < 1.29 is 4.79 Å². The van der Waals surface area contributed by atoms with E-state index in [0.29, 0.717) is 23.1 Å². The highest BCUT2D eigenvalue weighted by Crippen LogP contribution is 2.15. The number of pyridine rings is 1. The molecule has 0 saturated heterocycles. The van der Waals surface area contributed by atoms with Gasteiger partial charge in [-0.3, -0.25) is 9.59 Å². The van der Waals surface area contributed by atoms with Crippen LogP contribution in [0.15, 0.2) is 65.6 Å². The van der Waals surface area contributed by atoms with Crippen LogP contribution in [0.4, 0.5) is 5.82 Å². The number of anilines is 1. The first-order valence-electron chi connectivity index (χ1n) is 8.35. The van der Waals surface area contributed by atoms with Crippen LogP contribution < -0.4 is 10.9 Å². The van der Waals surface area contributed by atoms with Crippen LogP contribution in [0, 0.1) is 6.92 Å². The minimum absolute atomic E-state index is 0.0148. The van der Waals surface area contributed by atoms with Crippen molar-refractivity contribution in [2.75, 3.05) is 5.32 Å². The van der Waals surface area contributed by atoms with Crippen LogP contribution in [0.5, 0.6) is 0 Å². The third-order valence-corrected chi connectivity index (χ3v) is 4.06. The van der Waals surface area contributed by atoms with Crippen LogP contribution in [0.3, 0.4) is 0 Å². The first kappa shape index (κ1) is 16.6. The van der Waals surface area contributed by atoms with Crippen LogP contribution in [-0.2, 0) is 11.3 Å². The van der Waals surface area contributed by atoms with Crippen molar-refractivity contribution in [3.05, 3.63) is 76.8 Å². The largest absolute Gasteiger partial charge is 0.309 e. The SMILES string of the molecule is Cc1cc(=O)n2nc(-c3ccccc3)nc2n1CC(=O)Nc1ccccn1. The molecule has 1 aromatic carbocycles. The fourth-order valence-electron chi connectivity index (χ4n) is 2.77. The number of amides is 1. The molecule has 0 saturated carbocycles. The molecule has 0 aliphatic carbocycles. The summed E-state index contributed by atoms with van der Waals surface area (Å²) in [4.78, 5) is 33.3. The highest BCUT2D eigenvalue weighted by molar-refractivity contribution is 5.89. The van der Waals surface area contributed by atoms with E-state index in [-0.39, 0.29) is 18.0 Å². The third kappa shape index (κ3) is 3.32. The number of hydrogen-bond acceptors (Lipinski definition) is 5. The van der Waals surface area contributed by atoms with E-state index in [0.717, 1.165) is 5.56 Å². The van der Waals surface area contributed by atoms with Crippen LogP contribution in [0.2, 0.25) is 0 Å². The molecule has 1 amide bonds. The van der Waals surface area contributed by atoms with Crippen molar-refractivity contribution in [1.82, 2.24) is 24.1 Å². The lowest BCUT2D eigenvalue weighted by molar-refractivity contribution is -0.116. The van der Waals surface area contributed by atoms with Gasteiger partial charge in [0.25, 0.3) is 5.56 Å². The molecule has 134 valence electrons. The molecule has 0 fully saturated rings. The topological polar surface area (TPSA) is 94.2 Å². The highest BCUT2D eigenvalue weighted by Gasteiger charge is 2.15. The molecule has 0 aliphatic rings. The van der Waals surface area contributed by atoms with Crippen LogP contribution in [0.25, 0.3) is 17.2 Å². The van der Waals surface area contributed by atoms with E-state index in [1.165, 1.54) is 10.6 Å². The number of rotatable bonds is 4. The third-order valence-electron chi connectivity index (χ3n) is 4.06. The Bertz CT molecular complexity index is 1170. The zero-order valence-electron chi connectivity index (χ0n) is 14.5. The smallest absolute Gasteiger partial charge is 0.275 e. The summed E-state index contributed by atoms with van der Waals surface area (Å²) in [6, 6.07) is 16.1.